The molecule has 0 saturated heterocycles. The largest absolute Gasteiger partial charge is 0.381 e. The maximum Gasteiger partial charge on any atom is 0.236 e. The summed E-state index contributed by atoms with van der Waals surface area (Å²) in [6.07, 6.45) is 1.88. The standard InChI is InChI=1S/C9H20N2O2/c1-3-6-13-7-4-5-11-9(12)8(2)10/h8H,3-7,10H2,1-2H3,(H,11,12)/t8-/m1/s1. The van der Waals surface area contributed by atoms with Gasteiger partial charge in [-0.25, -0.2) is 0 Å². The molecule has 0 aromatic carbocycles. The highest BCUT2D eigenvalue weighted by Gasteiger charge is 2.04. The van der Waals surface area contributed by atoms with Gasteiger partial charge in [-0.15, -0.1) is 0 Å². The van der Waals surface area contributed by atoms with Crippen LogP contribution in [0.5, 0.6) is 0 Å². The minimum atomic E-state index is -0.420. The molecule has 1 amide bonds. The second kappa shape index (κ2) is 8.01. The molecule has 1 atom stereocenters. The van der Waals surface area contributed by atoms with Gasteiger partial charge < -0.3 is 15.8 Å². The van der Waals surface area contributed by atoms with Crippen molar-refractivity contribution in [2.45, 2.75) is 32.7 Å². The molecule has 0 rings (SSSR count). The average molecular weight is 188 g/mol. The Hall–Kier alpha value is -0.610. The van der Waals surface area contributed by atoms with Gasteiger partial charge in [0, 0.05) is 19.8 Å². The highest BCUT2D eigenvalue weighted by atomic mass is 16.5. The number of amides is 1. The molecule has 0 spiro atoms. The van der Waals surface area contributed by atoms with Crippen molar-refractivity contribution in [1.82, 2.24) is 5.32 Å². The average Bonchev–Trinajstić information content (AvgIpc) is 2.10. The van der Waals surface area contributed by atoms with Crippen LogP contribution in [0.3, 0.4) is 0 Å². The predicted octanol–water partition coefficient (Wildman–Crippen LogP) is 0.267. The summed E-state index contributed by atoms with van der Waals surface area (Å²) < 4.78 is 5.24. The molecule has 3 N–H and O–H groups in total. The third-order valence-electron chi connectivity index (χ3n) is 1.53. The van der Waals surface area contributed by atoms with Crippen molar-refractivity contribution in [3.05, 3.63) is 0 Å². The fourth-order valence-corrected chi connectivity index (χ4v) is 0.793. The molecule has 0 radical (unpaired) electrons. The molecule has 0 aromatic heterocycles. The van der Waals surface area contributed by atoms with Crippen LogP contribution in [-0.4, -0.2) is 31.7 Å². The number of hydrogen-bond donors (Lipinski definition) is 2. The summed E-state index contributed by atoms with van der Waals surface area (Å²) in [4.78, 5) is 11.0. The highest BCUT2D eigenvalue weighted by Crippen LogP contribution is 1.84. The Kier molecular flexibility index (Phi) is 7.63. The summed E-state index contributed by atoms with van der Waals surface area (Å²) >= 11 is 0. The van der Waals surface area contributed by atoms with E-state index in [2.05, 4.69) is 12.2 Å². The van der Waals surface area contributed by atoms with Crippen LogP contribution in [0.2, 0.25) is 0 Å². The van der Waals surface area contributed by atoms with Crippen molar-refractivity contribution in [3.63, 3.8) is 0 Å². The molecule has 0 aliphatic carbocycles. The molecule has 0 aromatic rings. The number of carbonyl (C=O) groups excluding carboxylic acids is 1. The van der Waals surface area contributed by atoms with Crippen LogP contribution >= 0.6 is 0 Å². The molecule has 0 fully saturated rings. The third kappa shape index (κ3) is 7.74. The van der Waals surface area contributed by atoms with Crippen LogP contribution in [0.1, 0.15) is 26.7 Å². The Balaban J connectivity index is 3.12. The summed E-state index contributed by atoms with van der Waals surface area (Å²) in [5.41, 5.74) is 5.36. The molecule has 0 saturated carbocycles. The monoisotopic (exact) mass is 188 g/mol. The van der Waals surface area contributed by atoms with Gasteiger partial charge in [-0.2, -0.15) is 0 Å². The first-order valence-corrected chi connectivity index (χ1v) is 4.79. The van der Waals surface area contributed by atoms with Crippen molar-refractivity contribution in [3.8, 4) is 0 Å². The van der Waals surface area contributed by atoms with E-state index < -0.39 is 6.04 Å². The Morgan fingerprint density at radius 2 is 2.23 bits per heavy atom. The van der Waals surface area contributed by atoms with Crippen molar-refractivity contribution >= 4 is 5.91 Å². The van der Waals surface area contributed by atoms with Gasteiger partial charge in [-0.3, -0.25) is 4.79 Å². The van der Waals surface area contributed by atoms with E-state index in [-0.39, 0.29) is 5.91 Å². The lowest BCUT2D eigenvalue weighted by Crippen LogP contribution is -2.38. The van der Waals surface area contributed by atoms with Crippen molar-refractivity contribution in [2.75, 3.05) is 19.8 Å². The quantitative estimate of drug-likeness (QED) is 0.563. The molecule has 13 heavy (non-hydrogen) atoms. The smallest absolute Gasteiger partial charge is 0.236 e. The van der Waals surface area contributed by atoms with Gasteiger partial charge >= 0.3 is 0 Å². The summed E-state index contributed by atoms with van der Waals surface area (Å²) in [6.45, 7) is 5.87. The first kappa shape index (κ1) is 12.4. The first-order valence-electron chi connectivity index (χ1n) is 4.79. The molecule has 0 aliphatic rings. The lowest BCUT2D eigenvalue weighted by atomic mass is 10.3. The molecule has 0 aliphatic heterocycles. The van der Waals surface area contributed by atoms with E-state index >= 15 is 0 Å². The Bertz CT molecular complexity index is 138. The second-order valence-corrected chi connectivity index (χ2v) is 3.05. The van der Waals surface area contributed by atoms with Gasteiger partial charge in [0.1, 0.15) is 0 Å². The van der Waals surface area contributed by atoms with Gasteiger partial charge in [0.05, 0.1) is 6.04 Å². The summed E-state index contributed by atoms with van der Waals surface area (Å²) in [7, 11) is 0. The van der Waals surface area contributed by atoms with E-state index in [0.717, 1.165) is 19.4 Å². The molecule has 0 unspecified atom stereocenters. The number of ether oxygens (including phenoxy) is 1. The molecule has 78 valence electrons. The number of nitrogens with two attached hydrogens (primary N) is 1. The molecule has 0 heterocycles. The Labute approximate surface area is 79.8 Å². The zero-order valence-electron chi connectivity index (χ0n) is 8.51. The maximum atomic E-state index is 11.0. The maximum absolute atomic E-state index is 11.0. The van der Waals surface area contributed by atoms with Crippen molar-refractivity contribution in [1.29, 1.82) is 0 Å². The van der Waals surface area contributed by atoms with E-state index in [0.29, 0.717) is 13.2 Å². The zero-order valence-corrected chi connectivity index (χ0v) is 8.51. The number of hydrogen-bond acceptors (Lipinski definition) is 3. The fourth-order valence-electron chi connectivity index (χ4n) is 0.793. The lowest BCUT2D eigenvalue weighted by Gasteiger charge is -2.07. The topological polar surface area (TPSA) is 64.3 Å². The fraction of sp³-hybridized carbons (Fsp3) is 0.889. The van der Waals surface area contributed by atoms with Gasteiger partial charge in [0.15, 0.2) is 0 Å². The third-order valence-corrected chi connectivity index (χ3v) is 1.53. The van der Waals surface area contributed by atoms with E-state index in [1.54, 1.807) is 6.92 Å². The van der Waals surface area contributed by atoms with Crippen LogP contribution in [0.15, 0.2) is 0 Å². The Morgan fingerprint density at radius 1 is 1.54 bits per heavy atom. The van der Waals surface area contributed by atoms with E-state index in [1.165, 1.54) is 0 Å². The SMILES string of the molecule is CCCOCCCNC(=O)[C@@H](C)N. The minimum absolute atomic E-state index is 0.101. The summed E-state index contributed by atoms with van der Waals surface area (Å²) in [6, 6.07) is -0.420. The van der Waals surface area contributed by atoms with Crippen molar-refractivity contribution in [2.24, 2.45) is 5.73 Å². The highest BCUT2D eigenvalue weighted by molar-refractivity contribution is 5.80. The van der Waals surface area contributed by atoms with Crippen LogP contribution in [-0.2, 0) is 9.53 Å². The molecular weight excluding hydrogens is 168 g/mol. The first-order chi connectivity index (χ1) is 6.18. The van der Waals surface area contributed by atoms with E-state index in [1.807, 2.05) is 0 Å². The van der Waals surface area contributed by atoms with Gasteiger partial charge in [-0.05, 0) is 19.8 Å². The molecule has 4 nitrogen and oxygen atoms in total. The predicted molar refractivity (Wildman–Crippen MR) is 52.4 cm³/mol. The Morgan fingerprint density at radius 3 is 2.77 bits per heavy atom. The van der Waals surface area contributed by atoms with Gasteiger partial charge in [-0.1, -0.05) is 6.92 Å². The second-order valence-electron chi connectivity index (χ2n) is 3.05. The van der Waals surface area contributed by atoms with E-state index in [4.69, 9.17) is 10.5 Å². The normalized spacial score (nSPS) is 12.5. The number of nitrogens with one attached hydrogen (secondary N) is 1. The summed E-state index contributed by atoms with van der Waals surface area (Å²) in [5, 5.41) is 2.72. The number of carbonyl (C=O) groups is 1. The van der Waals surface area contributed by atoms with Crippen LogP contribution in [0.4, 0.5) is 0 Å². The summed E-state index contributed by atoms with van der Waals surface area (Å²) in [5.74, 6) is -0.101. The lowest BCUT2D eigenvalue weighted by molar-refractivity contribution is -0.122. The van der Waals surface area contributed by atoms with E-state index in [9.17, 15) is 4.79 Å². The minimum Gasteiger partial charge on any atom is -0.381 e. The van der Waals surface area contributed by atoms with Crippen LogP contribution in [0, 0.1) is 0 Å². The molecule has 4 heteroatoms. The molecule has 0 bridgehead atoms. The van der Waals surface area contributed by atoms with Crippen LogP contribution in [0.25, 0.3) is 0 Å². The van der Waals surface area contributed by atoms with Gasteiger partial charge in [0.25, 0.3) is 0 Å². The van der Waals surface area contributed by atoms with Gasteiger partial charge in [0.2, 0.25) is 5.91 Å². The van der Waals surface area contributed by atoms with Crippen LogP contribution < -0.4 is 11.1 Å². The van der Waals surface area contributed by atoms with Crippen molar-refractivity contribution < 1.29 is 9.53 Å². The number of rotatable bonds is 7. The zero-order chi connectivity index (χ0) is 10.1. The molecular formula is C9H20N2O2.